The van der Waals surface area contributed by atoms with Gasteiger partial charge in [-0.25, -0.2) is 4.98 Å². The second-order valence-electron chi connectivity index (χ2n) is 5.86. The number of nitrogens with zero attached hydrogens (tertiary/aromatic N) is 1. The lowest BCUT2D eigenvalue weighted by atomic mass is 10.1. The molecular weight excluding hydrogens is 332 g/mol. The van der Waals surface area contributed by atoms with Crippen LogP contribution in [0.15, 0.2) is 60.8 Å². The van der Waals surface area contributed by atoms with Gasteiger partial charge in [-0.2, -0.15) is 0 Å². The summed E-state index contributed by atoms with van der Waals surface area (Å²) in [5.74, 6) is 0.471. The number of nitrogens with one attached hydrogen (secondary N) is 1. The van der Waals surface area contributed by atoms with Crippen LogP contribution in [0.4, 0.5) is 5.13 Å². The van der Waals surface area contributed by atoms with Gasteiger partial charge in [0.2, 0.25) is 0 Å². The molecule has 1 aromatic heterocycles. The van der Waals surface area contributed by atoms with Crippen molar-refractivity contribution in [1.82, 2.24) is 4.98 Å². The normalized spacial score (nSPS) is 11.8. The van der Waals surface area contributed by atoms with Crippen molar-refractivity contribution in [2.45, 2.75) is 26.4 Å². The molecule has 0 bridgehead atoms. The molecule has 1 amide bonds. The number of carbonyl (C=O) groups is 1. The van der Waals surface area contributed by atoms with Gasteiger partial charge in [-0.05, 0) is 31.5 Å². The third-order valence-corrected chi connectivity index (χ3v) is 4.62. The van der Waals surface area contributed by atoms with E-state index in [4.69, 9.17) is 4.74 Å². The smallest absolute Gasteiger partial charge is 0.266 e. The number of aromatic nitrogens is 1. The average molecular weight is 352 g/mol. The van der Waals surface area contributed by atoms with Gasteiger partial charge >= 0.3 is 0 Å². The summed E-state index contributed by atoms with van der Waals surface area (Å²) in [5.41, 5.74) is 2.37. The lowest BCUT2D eigenvalue weighted by Crippen LogP contribution is -2.30. The van der Waals surface area contributed by atoms with E-state index in [1.165, 1.54) is 16.9 Å². The van der Waals surface area contributed by atoms with Crippen LogP contribution in [0.3, 0.4) is 0 Å². The lowest BCUT2D eigenvalue weighted by molar-refractivity contribution is -0.122. The van der Waals surface area contributed by atoms with Crippen LogP contribution in [0, 0.1) is 6.92 Å². The molecule has 1 atom stereocenters. The minimum atomic E-state index is -0.593. The monoisotopic (exact) mass is 352 g/mol. The molecule has 0 saturated heterocycles. The van der Waals surface area contributed by atoms with Gasteiger partial charge < -0.3 is 4.74 Å². The van der Waals surface area contributed by atoms with Crippen molar-refractivity contribution in [2.24, 2.45) is 0 Å². The van der Waals surface area contributed by atoms with Crippen LogP contribution in [0.25, 0.3) is 0 Å². The summed E-state index contributed by atoms with van der Waals surface area (Å²) in [6, 6.07) is 17.8. The number of thiazole rings is 1. The summed E-state index contributed by atoms with van der Waals surface area (Å²) in [7, 11) is 0. The number of aryl methyl sites for hydroxylation is 1. The summed E-state index contributed by atoms with van der Waals surface area (Å²) in [4.78, 5) is 17.7. The molecule has 0 aliphatic rings. The molecule has 3 aromatic rings. The maximum atomic E-state index is 12.3. The molecular formula is C20H20N2O2S. The van der Waals surface area contributed by atoms with Crippen molar-refractivity contribution in [3.8, 4) is 5.75 Å². The minimum absolute atomic E-state index is 0.207. The molecule has 1 heterocycles. The second kappa shape index (κ2) is 7.94. The Kier molecular flexibility index (Phi) is 5.46. The zero-order valence-electron chi connectivity index (χ0n) is 14.2. The van der Waals surface area contributed by atoms with E-state index in [1.54, 1.807) is 13.1 Å². The fraction of sp³-hybridized carbons (Fsp3) is 0.200. The third kappa shape index (κ3) is 4.90. The van der Waals surface area contributed by atoms with Crippen LogP contribution < -0.4 is 10.1 Å². The summed E-state index contributed by atoms with van der Waals surface area (Å²) < 4.78 is 5.67. The van der Waals surface area contributed by atoms with E-state index in [0.29, 0.717) is 10.9 Å². The second-order valence-corrected chi connectivity index (χ2v) is 6.97. The Morgan fingerprint density at radius 1 is 1.16 bits per heavy atom. The van der Waals surface area contributed by atoms with Crippen molar-refractivity contribution < 1.29 is 9.53 Å². The highest BCUT2D eigenvalue weighted by atomic mass is 32.1. The van der Waals surface area contributed by atoms with E-state index < -0.39 is 6.10 Å². The third-order valence-electron chi connectivity index (χ3n) is 3.71. The van der Waals surface area contributed by atoms with Crippen LogP contribution in [0.1, 0.15) is 22.9 Å². The first-order valence-electron chi connectivity index (χ1n) is 8.13. The fourth-order valence-corrected chi connectivity index (χ4v) is 3.18. The molecule has 128 valence electrons. The Morgan fingerprint density at radius 3 is 2.60 bits per heavy atom. The van der Waals surface area contributed by atoms with E-state index in [2.05, 4.69) is 22.4 Å². The number of hydrogen-bond acceptors (Lipinski definition) is 4. The molecule has 0 saturated carbocycles. The van der Waals surface area contributed by atoms with E-state index in [9.17, 15) is 4.79 Å². The van der Waals surface area contributed by atoms with Gasteiger partial charge in [-0.15, -0.1) is 11.3 Å². The van der Waals surface area contributed by atoms with Gasteiger partial charge in [-0.1, -0.05) is 48.0 Å². The van der Waals surface area contributed by atoms with E-state index in [0.717, 1.165) is 16.9 Å². The Labute approximate surface area is 151 Å². The molecule has 0 aliphatic heterocycles. The van der Waals surface area contributed by atoms with Crippen LogP contribution in [0.2, 0.25) is 0 Å². The molecule has 0 aliphatic carbocycles. The van der Waals surface area contributed by atoms with Gasteiger partial charge in [0.25, 0.3) is 5.91 Å². The maximum absolute atomic E-state index is 12.3. The molecule has 1 N–H and O–H groups in total. The van der Waals surface area contributed by atoms with Crippen LogP contribution >= 0.6 is 11.3 Å². The quantitative estimate of drug-likeness (QED) is 0.713. The van der Waals surface area contributed by atoms with Crippen LogP contribution in [-0.4, -0.2) is 17.0 Å². The van der Waals surface area contributed by atoms with Gasteiger partial charge in [0, 0.05) is 17.5 Å². The molecule has 3 rings (SSSR count). The highest BCUT2D eigenvalue weighted by molar-refractivity contribution is 7.15. The van der Waals surface area contributed by atoms with Crippen LogP contribution in [-0.2, 0) is 11.2 Å². The highest BCUT2D eigenvalue weighted by Gasteiger charge is 2.16. The van der Waals surface area contributed by atoms with Crippen molar-refractivity contribution in [1.29, 1.82) is 0 Å². The Balaban J connectivity index is 1.56. The van der Waals surface area contributed by atoms with Gasteiger partial charge in [0.15, 0.2) is 11.2 Å². The van der Waals surface area contributed by atoms with Gasteiger partial charge in [0.1, 0.15) is 5.75 Å². The number of rotatable bonds is 6. The predicted octanol–water partition coefficient (Wildman–Crippen LogP) is 4.45. The number of hydrogen-bond donors (Lipinski definition) is 1. The van der Waals surface area contributed by atoms with Crippen molar-refractivity contribution in [3.63, 3.8) is 0 Å². The summed E-state index contributed by atoms with van der Waals surface area (Å²) in [6.07, 6.45) is 2.02. The maximum Gasteiger partial charge on any atom is 0.266 e. The van der Waals surface area contributed by atoms with Crippen molar-refractivity contribution in [3.05, 3.63) is 76.8 Å². The molecule has 2 aromatic carbocycles. The standard InChI is InChI=1S/C20H20N2O2S/c1-14-8-10-17(11-9-14)24-15(2)19(23)22-20-21-13-18(25-20)12-16-6-4-3-5-7-16/h3-11,13,15H,12H2,1-2H3,(H,21,22,23). The van der Waals surface area contributed by atoms with Crippen LogP contribution in [0.5, 0.6) is 5.75 Å². The van der Waals surface area contributed by atoms with E-state index in [1.807, 2.05) is 49.4 Å². The molecule has 25 heavy (non-hydrogen) atoms. The summed E-state index contributed by atoms with van der Waals surface area (Å²) in [5, 5.41) is 3.42. The number of carbonyl (C=O) groups excluding carboxylic acids is 1. The molecule has 1 unspecified atom stereocenters. The number of ether oxygens (including phenoxy) is 1. The summed E-state index contributed by atoms with van der Waals surface area (Å²) in [6.45, 7) is 3.74. The lowest BCUT2D eigenvalue weighted by Gasteiger charge is -2.13. The fourth-order valence-electron chi connectivity index (χ4n) is 2.33. The molecule has 0 radical (unpaired) electrons. The van der Waals surface area contributed by atoms with E-state index >= 15 is 0 Å². The minimum Gasteiger partial charge on any atom is -0.481 e. The van der Waals surface area contributed by atoms with Gasteiger partial charge in [0.05, 0.1) is 0 Å². The molecule has 0 spiro atoms. The number of amides is 1. The summed E-state index contributed by atoms with van der Waals surface area (Å²) >= 11 is 1.48. The number of anilines is 1. The highest BCUT2D eigenvalue weighted by Crippen LogP contribution is 2.22. The first kappa shape index (κ1) is 17.2. The van der Waals surface area contributed by atoms with E-state index in [-0.39, 0.29) is 5.91 Å². The molecule has 5 heteroatoms. The topological polar surface area (TPSA) is 51.2 Å². The average Bonchev–Trinajstić information content (AvgIpc) is 3.04. The first-order chi connectivity index (χ1) is 12.1. The Hall–Kier alpha value is -2.66. The van der Waals surface area contributed by atoms with Gasteiger partial charge in [-0.3, -0.25) is 10.1 Å². The zero-order chi connectivity index (χ0) is 17.6. The number of benzene rings is 2. The molecule has 0 fully saturated rings. The SMILES string of the molecule is Cc1ccc(OC(C)C(=O)Nc2ncc(Cc3ccccc3)s2)cc1. The zero-order valence-corrected chi connectivity index (χ0v) is 15.0. The Morgan fingerprint density at radius 2 is 1.88 bits per heavy atom. The van der Waals surface area contributed by atoms with Crippen molar-refractivity contribution in [2.75, 3.05) is 5.32 Å². The predicted molar refractivity (Wildman–Crippen MR) is 101 cm³/mol. The first-order valence-corrected chi connectivity index (χ1v) is 8.94. The molecule has 4 nitrogen and oxygen atoms in total. The van der Waals surface area contributed by atoms with Crippen molar-refractivity contribution >= 4 is 22.4 Å². The Bertz CT molecular complexity index is 828. The largest absolute Gasteiger partial charge is 0.481 e.